The smallest absolute Gasteiger partial charge is 0.261 e. The third-order valence-electron chi connectivity index (χ3n) is 5.27. The van der Waals surface area contributed by atoms with E-state index >= 15 is 0 Å². The van der Waals surface area contributed by atoms with Crippen LogP contribution < -0.4 is 10.6 Å². The maximum atomic E-state index is 12.5. The molecule has 140 valence electrons. The van der Waals surface area contributed by atoms with Crippen molar-refractivity contribution in [1.82, 2.24) is 15.2 Å². The molecule has 1 fully saturated rings. The topological polar surface area (TPSA) is 57.3 Å². The van der Waals surface area contributed by atoms with Gasteiger partial charge in [-0.05, 0) is 36.0 Å². The second kappa shape index (κ2) is 7.66. The molecule has 3 heterocycles. The van der Waals surface area contributed by atoms with E-state index in [2.05, 4.69) is 44.8 Å². The highest BCUT2D eigenvalue weighted by molar-refractivity contribution is 7.21. The van der Waals surface area contributed by atoms with Crippen molar-refractivity contribution in [2.75, 3.05) is 32.5 Å². The van der Waals surface area contributed by atoms with Gasteiger partial charge in [-0.1, -0.05) is 24.3 Å². The third kappa shape index (κ3) is 3.42. The number of carbonyl (C=O) groups excluding carboxylic acids is 1. The van der Waals surface area contributed by atoms with Crippen molar-refractivity contribution in [1.29, 1.82) is 0 Å². The summed E-state index contributed by atoms with van der Waals surface area (Å²) in [6.45, 7) is 2.86. The average molecular weight is 381 g/mol. The van der Waals surface area contributed by atoms with E-state index in [1.165, 1.54) is 21.2 Å². The number of hydrogen-bond donors (Lipinski definition) is 2. The molecule has 27 heavy (non-hydrogen) atoms. The minimum atomic E-state index is 0.0226. The molecule has 0 saturated carbocycles. The van der Waals surface area contributed by atoms with Crippen LogP contribution in [0.2, 0.25) is 0 Å². The number of likely N-dealkylation sites (tertiary alicyclic amines) is 1. The highest BCUT2D eigenvalue weighted by Gasteiger charge is 2.30. The lowest BCUT2D eigenvalue weighted by Crippen LogP contribution is -2.22. The van der Waals surface area contributed by atoms with Gasteiger partial charge in [-0.3, -0.25) is 9.69 Å². The van der Waals surface area contributed by atoms with Crippen LogP contribution in [0.25, 0.3) is 10.1 Å². The Labute approximate surface area is 163 Å². The Morgan fingerprint density at radius 3 is 2.93 bits per heavy atom. The summed E-state index contributed by atoms with van der Waals surface area (Å²) < 4.78 is 1.19. The maximum Gasteiger partial charge on any atom is 0.261 e. The largest absolute Gasteiger partial charge is 0.373 e. The van der Waals surface area contributed by atoms with Gasteiger partial charge in [-0.25, -0.2) is 4.98 Å². The van der Waals surface area contributed by atoms with Gasteiger partial charge in [0.15, 0.2) is 0 Å². The number of thiophene rings is 1. The molecule has 1 aliphatic heterocycles. The molecule has 3 aromatic rings. The van der Waals surface area contributed by atoms with Gasteiger partial charge >= 0.3 is 0 Å². The number of rotatable bonds is 5. The van der Waals surface area contributed by atoms with Crippen LogP contribution in [0.3, 0.4) is 0 Å². The van der Waals surface area contributed by atoms with Crippen molar-refractivity contribution < 1.29 is 4.79 Å². The van der Waals surface area contributed by atoms with Gasteiger partial charge in [-0.15, -0.1) is 11.3 Å². The van der Waals surface area contributed by atoms with E-state index in [0.717, 1.165) is 36.8 Å². The molecule has 5 nitrogen and oxygen atoms in total. The van der Waals surface area contributed by atoms with Crippen LogP contribution in [0.1, 0.15) is 33.1 Å². The molecule has 1 atom stereocenters. The van der Waals surface area contributed by atoms with Crippen LogP contribution in [0.4, 0.5) is 5.82 Å². The Morgan fingerprint density at radius 2 is 2.11 bits per heavy atom. The maximum absolute atomic E-state index is 12.5. The fraction of sp³-hybridized carbons (Fsp3) is 0.333. The van der Waals surface area contributed by atoms with E-state index in [9.17, 15) is 4.79 Å². The molecule has 1 aromatic carbocycles. The van der Waals surface area contributed by atoms with Gasteiger partial charge in [0.05, 0.1) is 4.88 Å². The highest BCUT2D eigenvalue weighted by atomic mass is 32.1. The van der Waals surface area contributed by atoms with Crippen LogP contribution in [-0.4, -0.2) is 43.0 Å². The van der Waals surface area contributed by atoms with Crippen LogP contribution in [0.5, 0.6) is 0 Å². The number of anilines is 1. The Hall–Kier alpha value is -2.44. The minimum Gasteiger partial charge on any atom is -0.373 e. The molecule has 1 aliphatic rings. The standard InChI is InChI=1S/C21H24N4OS/c1-22-20-15(6-5-10-24-20)13-25-11-9-14(12-25)18-16-7-3-4-8-17(16)27-19(18)21(26)23-2/h3-8,10,14H,9,11-13H2,1-2H3,(H,22,24)(H,23,26)/t14-/m1/s1. The predicted octanol–water partition coefficient (Wildman–Crippen LogP) is 3.69. The van der Waals surface area contributed by atoms with E-state index in [1.807, 2.05) is 25.4 Å². The van der Waals surface area contributed by atoms with Crippen LogP contribution in [0.15, 0.2) is 42.6 Å². The molecule has 1 amide bonds. The fourth-order valence-corrected chi connectivity index (χ4v) is 5.23. The lowest BCUT2D eigenvalue weighted by atomic mass is 9.95. The van der Waals surface area contributed by atoms with Crippen LogP contribution in [0, 0.1) is 0 Å². The van der Waals surface area contributed by atoms with Gasteiger partial charge < -0.3 is 10.6 Å². The summed E-state index contributed by atoms with van der Waals surface area (Å²) >= 11 is 1.60. The number of amides is 1. The van der Waals surface area contributed by atoms with Crippen molar-refractivity contribution in [3.8, 4) is 0 Å². The van der Waals surface area contributed by atoms with E-state index in [-0.39, 0.29) is 5.91 Å². The first-order chi connectivity index (χ1) is 13.2. The summed E-state index contributed by atoms with van der Waals surface area (Å²) in [6.07, 6.45) is 2.88. The monoisotopic (exact) mass is 380 g/mol. The normalized spacial score (nSPS) is 17.3. The van der Waals surface area contributed by atoms with E-state index in [1.54, 1.807) is 18.4 Å². The molecular formula is C21H24N4OS. The minimum absolute atomic E-state index is 0.0226. The van der Waals surface area contributed by atoms with Crippen molar-refractivity contribution in [3.63, 3.8) is 0 Å². The number of nitrogens with zero attached hydrogens (tertiary/aromatic N) is 2. The summed E-state index contributed by atoms with van der Waals surface area (Å²) in [5.41, 5.74) is 2.43. The Bertz CT molecular complexity index is 968. The quantitative estimate of drug-likeness (QED) is 0.709. The summed E-state index contributed by atoms with van der Waals surface area (Å²) in [7, 11) is 3.62. The van der Waals surface area contributed by atoms with Crippen molar-refractivity contribution >= 4 is 33.1 Å². The van der Waals surface area contributed by atoms with Gasteiger partial charge in [0.1, 0.15) is 5.82 Å². The number of aromatic nitrogens is 1. The first-order valence-electron chi connectivity index (χ1n) is 9.28. The number of fused-ring (bicyclic) bond motifs is 1. The van der Waals surface area contributed by atoms with Crippen molar-refractivity contribution in [3.05, 3.63) is 58.6 Å². The summed E-state index contributed by atoms with van der Waals surface area (Å²) in [6, 6.07) is 12.5. The zero-order chi connectivity index (χ0) is 18.8. The molecular weight excluding hydrogens is 356 g/mol. The predicted molar refractivity (Wildman–Crippen MR) is 112 cm³/mol. The zero-order valence-electron chi connectivity index (χ0n) is 15.7. The van der Waals surface area contributed by atoms with Gasteiger partial charge in [0.25, 0.3) is 5.91 Å². The summed E-state index contributed by atoms with van der Waals surface area (Å²) in [5.74, 6) is 1.34. The molecule has 2 aromatic heterocycles. The third-order valence-corrected chi connectivity index (χ3v) is 6.46. The second-order valence-corrected chi connectivity index (χ2v) is 7.95. The van der Waals surface area contributed by atoms with E-state index < -0.39 is 0 Å². The van der Waals surface area contributed by atoms with Gasteiger partial charge in [0.2, 0.25) is 0 Å². The molecule has 4 rings (SSSR count). The number of nitrogens with one attached hydrogen (secondary N) is 2. The average Bonchev–Trinajstić information content (AvgIpc) is 3.31. The molecule has 0 bridgehead atoms. The molecule has 0 spiro atoms. The molecule has 0 radical (unpaired) electrons. The van der Waals surface area contributed by atoms with Crippen LogP contribution >= 0.6 is 11.3 Å². The Morgan fingerprint density at radius 1 is 1.26 bits per heavy atom. The van der Waals surface area contributed by atoms with E-state index in [4.69, 9.17) is 0 Å². The second-order valence-electron chi connectivity index (χ2n) is 6.90. The highest BCUT2D eigenvalue weighted by Crippen LogP contribution is 2.40. The molecule has 2 N–H and O–H groups in total. The molecule has 0 aliphatic carbocycles. The Balaban J connectivity index is 1.61. The molecule has 6 heteroatoms. The first-order valence-corrected chi connectivity index (χ1v) is 10.1. The van der Waals surface area contributed by atoms with E-state index in [0.29, 0.717) is 5.92 Å². The zero-order valence-corrected chi connectivity index (χ0v) is 16.5. The lowest BCUT2D eigenvalue weighted by molar-refractivity contribution is 0.0966. The number of hydrogen-bond acceptors (Lipinski definition) is 5. The fourth-order valence-electron chi connectivity index (χ4n) is 4.00. The number of carbonyl (C=O) groups is 1. The van der Waals surface area contributed by atoms with Crippen molar-refractivity contribution in [2.45, 2.75) is 18.9 Å². The summed E-state index contributed by atoms with van der Waals surface area (Å²) in [4.78, 5) is 20.2. The number of benzene rings is 1. The van der Waals surface area contributed by atoms with Crippen molar-refractivity contribution in [2.24, 2.45) is 0 Å². The SMILES string of the molecule is CNC(=O)c1sc2ccccc2c1[C@@H]1CCN(Cc2cccnc2NC)C1. The Kier molecular flexibility index (Phi) is 5.09. The summed E-state index contributed by atoms with van der Waals surface area (Å²) in [5, 5.41) is 7.22. The van der Waals surface area contributed by atoms with Gasteiger partial charge in [-0.2, -0.15) is 0 Å². The molecule has 1 saturated heterocycles. The lowest BCUT2D eigenvalue weighted by Gasteiger charge is -2.18. The van der Waals surface area contributed by atoms with Crippen LogP contribution in [-0.2, 0) is 6.54 Å². The first kappa shape index (κ1) is 17.9. The van der Waals surface area contributed by atoms with Gasteiger partial charge in [0, 0.05) is 49.6 Å². The number of pyridine rings is 1. The molecule has 0 unspecified atom stereocenters.